The van der Waals surface area contributed by atoms with Crippen molar-refractivity contribution in [2.75, 3.05) is 13.1 Å². The number of aryl methyl sites for hydroxylation is 1. The van der Waals surface area contributed by atoms with Gasteiger partial charge in [-0.1, -0.05) is 6.42 Å². The predicted octanol–water partition coefficient (Wildman–Crippen LogP) is 1.10. The fraction of sp³-hybridized carbons (Fsp3) is 0.786. The van der Waals surface area contributed by atoms with Crippen molar-refractivity contribution in [3.05, 3.63) is 11.6 Å². The molecule has 1 amide bonds. The number of fused-ring (bicyclic) bond motifs is 1. The molecule has 0 bridgehead atoms. The zero-order valence-electron chi connectivity index (χ0n) is 12.7. The molecular formula is C14H20F3N5O. The highest BCUT2D eigenvalue weighted by molar-refractivity contribution is 5.77. The predicted molar refractivity (Wildman–Crippen MR) is 75.1 cm³/mol. The number of carbonyl (C=O) groups excluding carboxylic acids is 1. The zero-order chi connectivity index (χ0) is 16.6. The summed E-state index contributed by atoms with van der Waals surface area (Å²) >= 11 is 0. The van der Waals surface area contributed by atoms with E-state index in [1.807, 2.05) is 4.57 Å². The molecule has 2 aliphatic heterocycles. The first-order chi connectivity index (χ1) is 10.9. The van der Waals surface area contributed by atoms with Crippen LogP contribution in [-0.2, 0) is 24.3 Å². The van der Waals surface area contributed by atoms with Crippen LogP contribution in [-0.4, -0.2) is 44.8 Å². The van der Waals surface area contributed by atoms with Crippen molar-refractivity contribution in [3.63, 3.8) is 0 Å². The highest BCUT2D eigenvalue weighted by Gasteiger charge is 2.51. The molecule has 1 aromatic heterocycles. The lowest BCUT2D eigenvalue weighted by atomic mass is 9.95. The standard InChI is InChI=1S/C14H20F3N5O/c15-14(16,17)10-7-21(6-9(10)13(18)23)8-12-20-19-11-4-2-1-3-5-22(11)12/h9-10H,1-8H2,(H2,18,23)/t9-,10-/m1/s1. The van der Waals surface area contributed by atoms with Gasteiger partial charge < -0.3 is 10.3 Å². The molecule has 0 saturated carbocycles. The van der Waals surface area contributed by atoms with Crippen molar-refractivity contribution in [2.24, 2.45) is 17.6 Å². The summed E-state index contributed by atoms with van der Waals surface area (Å²) in [4.78, 5) is 13.0. The molecule has 0 aliphatic carbocycles. The third kappa shape index (κ3) is 3.34. The summed E-state index contributed by atoms with van der Waals surface area (Å²) in [6.07, 6.45) is -0.375. The molecule has 128 valence electrons. The fourth-order valence-corrected chi connectivity index (χ4v) is 3.50. The van der Waals surface area contributed by atoms with E-state index < -0.39 is 23.9 Å². The number of aromatic nitrogens is 3. The molecule has 1 saturated heterocycles. The minimum absolute atomic E-state index is 0.0156. The number of likely N-dealkylation sites (tertiary alicyclic amines) is 1. The van der Waals surface area contributed by atoms with Crippen LogP contribution in [0.2, 0.25) is 0 Å². The van der Waals surface area contributed by atoms with E-state index in [4.69, 9.17) is 5.73 Å². The monoisotopic (exact) mass is 331 g/mol. The Kier molecular flexibility index (Phi) is 4.31. The maximum Gasteiger partial charge on any atom is 0.393 e. The molecule has 2 atom stereocenters. The Morgan fingerprint density at radius 2 is 2.00 bits per heavy atom. The number of halogens is 3. The SMILES string of the molecule is NC(=O)[C@@H]1CN(Cc2nnc3n2CCCCC3)C[C@H]1C(F)(F)F. The van der Waals surface area contributed by atoms with E-state index in [0.29, 0.717) is 5.82 Å². The normalized spacial score (nSPS) is 26.0. The highest BCUT2D eigenvalue weighted by Crippen LogP contribution is 2.37. The topological polar surface area (TPSA) is 77.0 Å². The minimum Gasteiger partial charge on any atom is -0.369 e. The molecule has 1 fully saturated rings. The summed E-state index contributed by atoms with van der Waals surface area (Å²) in [7, 11) is 0. The molecule has 6 nitrogen and oxygen atoms in total. The molecule has 3 rings (SSSR count). The highest BCUT2D eigenvalue weighted by atomic mass is 19.4. The summed E-state index contributed by atoms with van der Waals surface area (Å²) < 4.78 is 41.3. The minimum atomic E-state index is -4.42. The van der Waals surface area contributed by atoms with E-state index in [-0.39, 0.29) is 19.6 Å². The Hall–Kier alpha value is -1.64. The molecule has 1 aromatic rings. The Labute approximate surface area is 131 Å². The van der Waals surface area contributed by atoms with Gasteiger partial charge in [-0.2, -0.15) is 13.2 Å². The fourth-order valence-electron chi connectivity index (χ4n) is 3.50. The molecule has 2 N–H and O–H groups in total. The molecule has 0 aromatic carbocycles. The number of nitrogens with two attached hydrogens (primary N) is 1. The van der Waals surface area contributed by atoms with Gasteiger partial charge in [0.15, 0.2) is 0 Å². The Morgan fingerprint density at radius 3 is 2.65 bits per heavy atom. The number of alkyl halides is 3. The van der Waals surface area contributed by atoms with Crippen LogP contribution in [0.1, 0.15) is 30.9 Å². The molecule has 9 heteroatoms. The van der Waals surface area contributed by atoms with Gasteiger partial charge in [-0.3, -0.25) is 9.69 Å². The van der Waals surface area contributed by atoms with Crippen molar-refractivity contribution >= 4 is 5.91 Å². The average Bonchev–Trinajstić information content (AvgIpc) is 2.97. The van der Waals surface area contributed by atoms with E-state index in [9.17, 15) is 18.0 Å². The number of carbonyl (C=O) groups is 1. The lowest BCUT2D eigenvalue weighted by molar-refractivity contribution is -0.182. The number of amides is 1. The third-order valence-electron chi connectivity index (χ3n) is 4.73. The first-order valence-electron chi connectivity index (χ1n) is 7.85. The van der Waals surface area contributed by atoms with Crippen molar-refractivity contribution in [2.45, 2.75) is 44.9 Å². The molecule has 0 radical (unpaired) electrons. The van der Waals surface area contributed by atoms with Gasteiger partial charge in [0, 0.05) is 26.1 Å². The van der Waals surface area contributed by atoms with Crippen LogP contribution in [0.5, 0.6) is 0 Å². The molecule has 23 heavy (non-hydrogen) atoms. The van der Waals surface area contributed by atoms with Crippen molar-refractivity contribution in [1.29, 1.82) is 0 Å². The first-order valence-corrected chi connectivity index (χ1v) is 7.85. The van der Waals surface area contributed by atoms with Crippen molar-refractivity contribution in [3.8, 4) is 0 Å². The van der Waals surface area contributed by atoms with Gasteiger partial charge in [-0.05, 0) is 12.8 Å². The van der Waals surface area contributed by atoms with Gasteiger partial charge in [-0.15, -0.1) is 10.2 Å². The van der Waals surface area contributed by atoms with Crippen LogP contribution >= 0.6 is 0 Å². The van der Waals surface area contributed by atoms with Crippen LogP contribution in [0, 0.1) is 11.8 Å². The Morgan fingerprint density at radius 1 is 1.22 bits per heavy atom. The Bertz CT molecular complexity index is 585. The molecule has 0 unspecified atom stereocenters. The number of hydrogen-bond donors (Lipinski definition) is 1. The first kappa shape index (κ1) is 16.2. The van der Waals surface area contributed by atoms with Crippen molar-refractivity contribution < 1.29 is 18.0 Å². The summed E-state index contributed by atoms with van der Waals surface area (Å²) in [5.74, 6) is -2.22. The summed E-state index contributed by atoms with van der Waals surface area (Å²) in [6.45, 7) is 0.859. The number of nitrogens with zero attached hydrogens (tertiary/aromatic N) is 4. The number of primary amides is 1. The summed E-state index contributed by atoms with van der Waals surface area (Å²) in [5, 5.41) is 8.29. The quantitative estimate of drug-likeness (QED) is 0.900. The zero-order valence-corrected chi connectivity index (χ0v) is 12.7. The van der Waals surface area contributed by atoms with Crippen LogP contribution < -0.4 is 5.73 Å². The lowest BCUT2D eigenvalue weighted by Crippen LogP contribution is -2.37. The number of hydrogen-bond acceptors (Lipinski definition) is 4. The van der Waals surface area contributed by atoms with Gasteiger partial charge in [-0.25, -0.2) is 0 Å². The number of rotatable bonds is 3. The maximum atomic E-state index is 13.1. The van der Waals surface area contributed by atoms with E-state index in [1.165, 1.54) is 0 Å². The average molecular weight is 331 g/mol. The Balaban J connectivity index is 1.74. The molecule has 2 aliphatic rings. The van der Waals surface area contributed by atoms with E-state index in [2.05, 4.69) is 10.2 Å². The van der Waals surface area contributed by atoms with E-state index in [0.717, 1.165) is 38.1 Å². The smallest absolute Gasteiger partial charge is 0.369 e. The lowest BCUT2D eigenvalue weighted by Gasteiger charge is -2.18. The van der Waals surface area contributed by atoms with Gasteiger partial charge in [0.25, 0.3) is 0 Å². The summed E-state index contributed by atoms with van der Waals surface area (Å²) in [5.41, 5.74) is 5.15. The third-order valence-corrected chi connectivity index (χ3v) is 4.73. The molecular weight excluding hydrogens is 311 g/mol. The second-order valence-electron chi connectivity index (χ2n) is 6.35. The van der Waals surface area contributed by atoms with Gasteiger partial charge >= 0.3 is 6.18 Å². The van der Waals surface area contributed by atoms with E-state index >= 15 is 0 Å². The second kappa shape index (κ2) is 6.10. The molecule has 3 heterocycles. The van der Waals surface area contributed by atoms with Crippen LogP contribution in [0.15, 0.2) is 0 Å². The van der Waals surface area contributed by atoms with Gasteiger partial charge in [0.2, 0.25) is 5.91 Å². The van der Waals surface area contributed by atoms with Gasteiger partial charge in [0.05, 0.1) is 18.4 Å². The van der Waals surface area contributed by atoms with Gasteiger partial charge in [0.1, 0.15) is 11.6 Å². The van der Waals surface area contributed by atoms with Crippen LogP contribution in [0.4, 0.5) is 13.2 Å². The molecule has 0 spiro atoms. The van der Waals surface area contributed by atoms with Crippen molar-refractivity contribution in [1.82, 2.24) is 19.7 Å². The van der Waals surface area contributed by atoms with Crippen LogP contribution in [0.25, 0.3) is 0 Å². The largest absolute Gasteiger partial charge is 0.393 e. The second-order valence-corrected chi connectivity index (χ2v) is 6.35. The van der Waals surface area contributed by atoms with E-state index in [1.54, 1.807) is 4.90 Å². The summed E-state index contributed by atoms with van der Waals surface area (Å²) in [6, 6.07) is 0. The van der Waals surface area contributed by atoms with Crippen LogP contribution in [0.3, 0.4) is 0 Å². The maximum absolute atomic E-state index is 13.1.